The van der Waals surface area contributed by atoms with Gasteiger partial charge in [-0.25, -0.2) is 4.39 Å². The van der Waals surface area contributed by atoms with Crippen molar-refractivity contribution in [1.29, 1.82) is 0 Å². The second-order valence-electron chi connectivity index (χ2n) is 5.81. The Bertz CT molecular complexity index is 786. The van der Waals surface area contributed by atoms with Crippen molar-refractivity contribution in [2.75, 3.05) is 13.2 Å². The average molecular weight is 377 g/mol. The lowest BCUT2D eigenvalue weighted by molar-refractivity contribution is -0.136. The van der Waals surface area contributed by atoms with Crippen LogP contribution in [-0.2, 0) is 11.4 Å². The van der Waals surface area contributed by atoms with E-state index in [1.165, 1.54) is 23.9 Å². The molecule has 2 aromatic carbocycles. The van der Waals surface area contributed by atoms with Crippen molar-refractivity contribution in [1.82, 2.24) is 5.32 Å². The highest BCUT2D eigenvalue weighted by Crippen LogP contribution is 2.39. The summed E-state index contributed by atoms with van der Waals surface area (Å²) in [4.78, 5) is 11.1. The van der Waals surface area contributed by atoms with E-state index >= 15 is 0 Å². The van der Waals surface area contributed by atoms with Crippen molar-refractivity contribution in [3.8, 4) is 11.5 Å². The molecule has 0 aliphatic carbocycles. The van der Waals surface area contributed by atoms with Gasteiger partial charge in [0, 0.05) is 6.54 Å². The zero-order chi connectivity index (χ0) is 18.5. The maximum absolute atomic E-state index is 13.3. The molecule has 0 amide bonds. The SMILES string of the molecule is CCOc1cc([C@@H]2NC[C@H](C(=O)O)S2)ccc1OCc1cccc(F)c1. The molecule has 3 rings (SSSR count). The highest BCUT2D eigenvalue weighted by molar-refractivity contribution is 8.01. The molecule has 138 valence electrons. The molecule has 0 aromatic heterocycles. The Kier molecular flexibility index (Phi) is 6.00. The molecule has 1 fully saturated rings. The fraction of sp³-hybridized carbons (Fsp3) is 0.316. The monoisotopic (exact) mass is 377 g/mol. The van der Waals surface area contributed by atoms with E-state index in [0.717, 1.165) is 11.1 Å². The van der Waals surface area contributed by atoms with Gasteiger partial charge in [0.2, 0.25) is 0 Å². The number of hydrogen-bond donors (Lipinski definition) is 2. The molecule has 0 unspecified atom stereocenters. The molecule has 1 aliphatic heterocycles. The predicted octanol–water partition coefficient (Wildman–Crippen LogP) is 3.59. The highest BCUT2D eigenvalue weighted by atomic mass is 32.2. The Morgan fingerprint density at radius 2 is 2.12 bits per heavy atom. The van der Waals surface area contributed by atoms with Crippen molar-refractivity contribution < 1.29 is 23.8 Å². The molecule has 0 saturated carbocycles. The zero-order valence-corrected chi connectivity index (χ0v) is 15.1. The number of hydrogen-bond acceptors (Lipinski definition) is 5. The molecular formula is C19H20FNO4S. The molecule has 1 saturated heterocycles. The normalized spacial score (nSPS) is 19.3. The van der Waals surface area contributed by atoms with Crippen LogP contribution in [0.3, 0.4) is 0 Å². The number of rotatable bonds is 7. The Hall–Kier alpha value is -2.25. The summed E-state index contributed by atoms with van der Waals surface area (Å²) >= 11 is 1.37. The molecule has 0 spiro atoms. The van der Waals surface area contributed by atoms with Crippen LogP contribution in [-0.4, -0.2) is 29.5 Å². The van der Waals surface area contributed by atoms with Gasteiger partial charge in [0.15, 0.2) is 11.5 Å². The first kappa shape index (κ1) is 18.5. The molecule has 2 N–H and O–H groups in total. The second-order valence-corrected chi connectivity index (χ2v) is 7.12. The molecule has 0 bridgehead atoms. The quantitative estimate of drug-likeness (QED) is 0.769. The maximum Gasteiger partial charge on any atom is 0.318 e. The van der Waals surface area contributed by atoms with Crippen molar-refractivity contribution in [2.24, 2.45) is 0 Å². The van der Waals surface area contributed by atoms with Gasteiger partial charge in [0.25, 0.3) is 0 Å². The first-order valence-electron chi connectivity index (χ1n) is 8.32. The summed E-state index contributed by atoms with van der Waals surface area (Å²) < 4.78 is 24.7. The van der Waals surface area contributed by atoms with Gasteiger partial charge < -0.3 is 14.6 Å². The molecular weight excluding hydrogens is 357 g/mol. The highest BCUT2D eigenvalue weighted by Gasteiger charge is 2.31. The summed E-state index contributed by atoms with van der Waals surface area (Å²) in [6, 6.07) is 11.8. The van der Waals surface area contributed by atoms with Crippen LogP contribution in [0.5, 0.6) is 11.5 Å². The van der Waals surface area contributed by atoms with E-state index in [9.17, 15) is 9.18 Å². The fourth-order valence-electron chi connectivity index (χ4n) is 2.68. The minimum Gasteiger partial charge on any atom is -0.490 e. The molecule has 2 aromatic rings. The van der Waals surface area contributed by atoms with E-state index in [-0.39, 0.29) is 17.8 Å². The molecule has 0 radical (unpaired) electrons. The topological polar surface area (TPSA) is 67.8 Å². The van der Waals surface area contributed by atoms with Crippen LogP contribution in [0.4, 0.5) is 4.39 Å². The van der Waals surface area contributed by atoms with Crippen LogP contribution in [0.2, 0.25) is 0 Å². The van der Waals surface area contributed by atoms with Crippen LogP contribution < -0.4 is 14.8 Å². The average Bonchev–Trinajstić information content (AvgIpc) is 3.11. The van der Waals surface area contributed by atoms with Crippen LogP contribution >= 0.6 is 11.8 Å². The number of benzene rings is 2. The minimum absolute atomic E-state index is 0.104. The number of halogens is 1. The first-order valence-corrected chi connectivity index (χ1v) is 9.26. The van der Waals surface area contributed by atoms with E-state index in [2.05, 4.69) is 5.32 Å². The van der Waals surface area contributed by atoms with E-state index in [1.54, 1.807) is 18.2 Å². The van der Waals surface area contributed by atoms with Crippen molar-refractivity contribution in [3.05, 3.63) is 59.4 Å². The lowest BCUT2D eigenvalue weighted by Gasteiger charge is -2.16. The van der Waals surface area contributed by atoms with Gasteiger partial charge >= 0.3 is 5.97 Å². The van der Waals surface area contributed by atoms with Gasteiger partial charge in [-0.2, -0.15) is 0 Å². The third-order valence-corrected chi connectivity index (χ3v) is 5.33. The standard InChI is InChI=1S/C19H20FNO4S/c1-2-24-16-9-13(18-21-10-17(26-18)19(22)23)6-7-15(16)25-11-12-4-3-5-14(20)8-12/h3-9,17-18,21H,2,10-11H2,1H3,(H,22,23)/t17-,18-/m1/s1. The number of carbonyl (C=O) groups is 1. The summed E-state index contributed by atoms with van der Waals surface area (Å²) in [5.41, 5.74) is 1.66. The number of carboxylic acid groups (broad SMARTS) is 1. The lowest BCUT2D eigenvalue weighted by atomic mass is 10.2. The predicted molar refractivity (Wildman–Crippen MR) is 98.1 cm³/mol. The Labute approximate surface area is 155 Å². The maximum atomic E-state index is 13.3. The fourth-order valence-corrected chi connectivity index (χ4v) is 3.81. The van der Waals surface area contributed by atoms with Gasteiger partial charge in [0.1, 0.15) is 17.7 Å². The van der Waals surface area contributed by atoms with Gasteiger partial charge in [0.05, 0.1) is 12.0 Å². The van der Waals surface area contributed by atoms with Gasteiger partial charge in [-0.3, -0.25) is 10.1 Å². The first-order chi connectivity index (χ1) is 12.6. The Morgan fingerprint density at radius 3 is 2.81 bits per heavy atom. The van der Waals surface area contributed by atoms with E-state index in [1.807, 2.05) is 19.1 Å². The van der Waals surface area contributed by atoms with Gasteiger partial charge in [-0.05, 0) is 42.3 Å². The van der Waals surface area contributed by atoms with Crippen LogP contribution in [0.1, 0.15) is 23.4 Å². The van der Waals surface area contributed by atoms with Crippen LogP contribution in [0.15, 0.2) is 42.5 Å². The largest absolute Gasteiger partial charge is 0.490 e. The molecule has 26 heavy (non-hydrogen) atoms. The number of thioether (sulfide) groups is 1. The molecule has 2 atom stereocenters. The zero-order valence-electron chi connectivity index (χ0n) is 14.3. The number of ether oxygens (including phenoxy) is 2. The minimum atomic E-state index is -0.815. The smallest absolute Gasteiger partial charge is 0.318 e. The van der Waals surface area contributed by atoms with Gasteiger partial charge in [-0.15, -0.1) is 11.8 Å². The second kappa shape index (κ2) is 8.42. The Balaban J connectivity index is 1.73. The van der Waals surface area contributed by atoms with E-state index in [0.29, 0.717) is 24.7 Å². The number of nitrogens with one attached hydrogen (secondary N) is 1. The Morgan fingerprint density at radius 1 is 1.27 bits per heavy atom. The van der Waals surface area contributed by atoms with Crippen molar-refractivity contribution in [3.63, 3.8) is 0 Å². The van der Waals surface area contributed by atoms with Crippen LogP contribution in [0.25, 0.3) is 0 Å². The number of carboxylic acids is 1. The molecule has 1 aliphatic rings. The van der Waals surface area contributed by atoms with E-state index in [4.69, 9.17) is 14.6 Å². The summed E-state index contributed by atoms with van der Waals surface area (Å²) in [6.45, 7) is 3.01. The summed E-state index contributed by atoms with van der Waals surface area (Å²) in [7, 11) is 0. The molecule has 5 nitrogen and oxygen atoms in total. The van der Waals surface area contributed by atoms with E-state index < -0.39 is 11.2 Å². The third-order valence-electron chi connectivity index (χ3n) is 3.92. The summed E-state index contributed by atoms with van der Waals surface area (Å²) in [5.74, 6) is 0.0362. The van der Waals surface area contributed by atoms with Crippen molar-refractivity contribution >= 4 is 17.7 Å². The van der Waals surface area contributed by atoms with Crippen LogP contribution in [0, 0.1) is 5.82 Å². The number of aliphatic carboxylic acids is 1. The lowest BCUT2D eigenvalue weighted by Crippen LogP contribution is -2.21. The van der Waals surface area contributed by atoms with Crippen molar-refractivity contribution in [2.45, 2.75) is 24.2 Å². The van der Waals surface area contributed by atoms with Gasteiger partial charge in [-0.1, -0.05) is 18.2 Å². The summed E-state index contributed by atoms with van der Waals surface area (Å²) in [5, 5.41) is 11.8. The third kappa shape index (κ3) is 4.47. The summed E-state index contributed by atoms with van der Waals surface area (Å²) in [6.07, 6.45) is 0. The molecule has 1 heterocycles. The molecule has 7 heteroatoms.